The Labute approximate surface area is 142 Å². The summed E-state index contributed by atoms with van der Waals surface area (Å²) in [5.74, 6) is 0.780. The lowest BCUT2D eigenvalue weighted by molar-refractivity contribution is -0.0492. The third-order valence-corrected chi connectivity index (χ3v) is 5.61. The average molecular weight is 330 g/mol. The highest BCUT2D eigenvalue weighted by Crippen LogP contribution is 2.44. The van der Waals surface area contributed by atoms with Crippen molar-refractivity contribution in [2.75, 3.05) is 40.2 Å². The summed E-state index contributed by atoms with van der Waals surface area (Å²) in [5.41, 5.74) is 4.07. The lowest BCUT2D eigenvalue weighted by Gasteiger charge is -2.46. The van der Waals surface area contributed by atoms with Crippen molar-refractivity contribution in [1.82, 2.24) is 9.88 Å². The number of aliphatic hydroxyl groups is 1. The molecule has 1 unspecified atom stereocenters. The van der Waals surface area contributed by atoms with E-state index in [1.807, 2.05) is 0 Å². The molecule has 4 rings (SSSR count). The van der Waals surface area contributed by atoms with E-state index in [2.05, 4.69) is 34.3 Å². The Morgan fingerprint density at radius 3 is 3.08 bits per heavy atom. The van der Waals surface area contributed by atoms with Gasteiger partial charge in [0.2, 0.25) is 0 Å². The van der Waals surface area contributed by atoms with Crippen molar-refractivity contribution >= 4 is 10.9 Å². The van der Waals surface area contributed by atoms with Gasteiger partial charge in [-0.25, -0.2) is 0 Å². The number of piperidine rings is 1. The van der Waals surface area contributed by atoms with E-state index in [0.29, 0.717) is 37.8 Å². The van der Waals surface area contributed by atoms with E-state index < -0.39 is 0 Å². The quantitative estimate of drug-likeness (QED) is 0.797. The van der Waals surface area contributed by atoms with Gasteiger partial charge in [-0.15, -0.1) is 0 Å². The van der Waals surface area contributed by atoms with Crippen LogP contribution in [0.5, 0.6) is 0 Å². The number of fused-ring (bicyclic) bond motifs is 2. The van der Waals surface area contributed by atoms with E-state index >= 15 is 0 Å². The second-order valence-electron chi connectivity index (χ2n) is 7.05. The normalized spacial score (nSPS) is 26.7. The van der Waals surface area contributed by atoms with Crippen LogP contribution in [0.1, 0.15) is 23.5 Å². The summed E-state index contributed by atoms with van der Waals surface area (Å²) in [6.07, 6.45) is 4.26. The Hall–Kier alpha value is -1.40. The molecule has 0 spiro atoms. The standard InChI is InChI=1S/C19H26N2O3/c1-23-5-6-24-12-21-10-13(11-22)7-16-15-3-2-4-17-19(15)14(9-20-17)8-18(16)21/h2-4,9,13,16,18,20,22H,5-8,10-12H2,1H3/t13-,16?,18-/m1/s1. The van der Waals surface area contributed by atoms with Crippen LogP contribution in [-0.4, -0.2) is 61.2 Å². The predicted octanol–water partition coefficient (Wildman–Crippen LogP) is 2.11. The summed E-state index contributed by atoms with van der Waals surface area (Å²) < 4.78 is 10.9. The van der Waals surface area contributed by atoms with Crippen molar-refractivity contribution in [3.63, 3.8) is 0 Å². The topological polar surface area (TPSA) is 57.7 Å². The molecule has 0 radical (unpaired) electrons. The lowest BCUT2D eigenvalue weighted by atomic mass is 9.72. The number of hydrogen-bond donors (Lipinski definition) is 2. The lowest BCUT2D eigenvalue weighted by Crippen LogP contribution is -2.51. The Bertz CT molecular complexity index is 699. The highest BCUT2D eigenvalue weighted by atomic mass is 16.5. The molecule has 0 amide bonds. The van der Waals surface area contributed by atoms with Gasteiger partial charge in [-0.2, -0.15) is 0 Å². The number of aliphatic hydroxyl groups excluding tert-OH is 1. The van der Waals surface area contributed by atoms with Gasteiger partial charge in [0.15, 0.2) is 0 Å². The van der Waals surface area contributed by atoms with Crippen LogP contribution in [0, 0.1) is 5.92 Å². The zero-order valence-corrected chi connectivity index (χ0v) is 14.2. The molecule has 3 atom stereocenters. The van der Waals surface area contributed by atoms with Gasteiger partial charge >= 0.3 is 0 Å². The largest absolute Gasteiger partial charge is 0.396 e. The van der Waals surface area contributed by atoms with E-state index in [-0.39, 0.29) is 6.61 Å². The van der Waals surface area contributed by atoms with Crippen molar-refractivity contribution in [1.29, 1.82) is 0 Å². The monoisotopic (exact) mass is 330 g/mol. The molecule has 5 nitrogen and oxygen atoms in total. The fraction of sp³-hybridized carbons (Fsp3) is 0.579. The van der Waals surface area contributed by atoms with Gasteiger partial charge in [0.25, 0.3) is 0 Å². The zero-order valence-electron chi connectivity index (χ0n) is 14.2. The number of ether oxygens (including phenoxy) is 2. The fourth-order valence-electron chi connectivity index (χ4n) is 4.50. The molecular formula is C19H26N2O3. The maximum absolute atomic E-state index is 9.76. The molecular weight excluding hydrogens is 304 g/mol. The van der Waals surface area contributed by atoms with Gasteiger partial charge in [0, 0.05) is 49.3 Å². The van der Waals surface area contributed by atoms with E-state index in [4.69, 9.17) is 9.47 Å². The SMILES string of the molecule is COCCOCN1C[C@H](CO)CC2c3cccc4[nH]cc(c34)C[C@H]21. The Balaban J connectivity index is 1.61. The molecule has 0 saturated carbocycles. The number of H-pyrrole nitrogens is 1. The highest BCUT2D eigenvalue weighted by Gasteiger charge is 2.40. The molecule has 2 N–H and O–H groups in total. The molecule has 1 saturated heterocycles. The van der Waals surface area contributed by atoms with Crippen molar-refractivity contribution < 1.29 is 14.6 Å². The number of nitrogens with zero attached hydrogens (tertiary/aromatic N) is 1. The van der Waals surface area contributed by atoms with Crippen molar-refractivity contribution in [2.45, 2.75) is 24.8 Å². The zero-order chi connectivity index (χ0) is 16.5. The predicted molar refractivity (Wildman–Crippen MR) is 93.1 cm³/mol. The Morgan fingerprint density at radius 1 is 1.33 bits per heavy atom. The van der Waals surface area contributed by atoms with Crippen LogP contribution in [0.25, 0.3) is 10.9 Å². The second-order valence-corrected chi connectivity index (χ2v) is 7.05. The minimum atomic E-state index is 0.244. The van der Waals surface area contributed by atoms with Crippen LogP contribution >= 0.6 is 0 Å². The maximum atomic E-state index is 9.76. The number of likely N-dealkylation sites (tertiary alicyclic amines) is 1. The first-order valence-electron chi connectivity index (χ1n) is 8.82. The second kappa shape index (κ2) is 6.84. The van der Waals surface area contributed by atoms with Gasteiger partial charge in [0.1, 0.15) is 0 Å². The summed E-state index contributed by atoms with van der Waals surface area (Å²) in [5, 5.41) is 11.2. The minimum absolute atomic E-state index is 0.244. The molecule has 2 aromatic rings. The smallest absolute Gasteiger partial charge is 0.0994 e. The van der Waals surface area contributed by atoms with Gasteiger partial charge < -0.3 is 19.6 Å². The molecule has 1 aromatic carbocycles. The summed E-state index contributed by atoms with van der Waals surface area (Å²) in [4.78, 5) is 5.83. The van der Waals surface area contributed by atoms with Crippen LogP contribution < -0.4 is 0 Å². The van der Waals surface area contributed by atoms with E-state index in [1.54, 1.807) is 7.11 Å². The first kappa shape index (κ1) is 16.1. The summed E-state index contributed by atoms with van der Waals surface area (Å²) in [6.45, 7) is 2.98. The number of rotatable bonds is 6. The molecule has 1 aromatic heterocycles. The van der Waals surface area contributed by atoms with Crippen LogP contribution in [-0.2, 0) is 15.9 Å². The highest BCUT2D eigenvalue weighted by molar-refractivity contribution is 5.88. The summed E-state index contributed by atoms with van der Waals surface area (Å²) in [6, 6.07) is 7.01. The third kappa shape index (κ3) is 2.75. The molecule has 130 valence electrons. The Kier molecular flexibility index (Phi) is 4.59. The molecule has 5 heteroatoms. The third-order valence-electron chi connectivity index (χ3n) is 5.61. The van der Waals surface area contributed by atoms with E-state index in [1.165, 1.54) is 22.0 Å². The van der Waals surface area contributed by atoms with Crippen LogP contribution in [0.2, 0.25) is 0 Å². The van der Waals surface area contributed by atoms with Gasteiger partial charge in [-0.05, 0) is 36.0 Å². The van der Waals surface area contributed by atoms with E-state index in [0.717, 1.165) is 19.4 Å². The molecule has 0 bridgehead atoms. The number of nitrogens with one attached hydrogen (secondary N) is 1. The van der Waals surface area contributed by atoms with Crippen molar-refractivity contribution in [3.05, 3.63) is 35.5 Å². The summed E-state index contributed by atoms with van der Waals surface area (Å²) >= 11 is 0. The molecule has 2 aliphatic rings. The Morgan fingerprint density at radius 2 is 2.25 bits per heavy atom. The van der Waals surface area contributed by atoms with Crippen molar-refractivity contribution in [3.8, 4) is 0 Å². The van der Waals surface area contributed by atoms with Crippen molar-refractivity contribution in [2.24, 2.45) is 5.92 Å². The molecule has 24 heavy (non-hydrogen) atoms. The van der Waals surface area contributed by atoms with Gasteiger partial charge in [0.05, 0.1) is 19.9 Å². The summed E-state index contributed by atoms with van der Waals surface area (Å²) in [7, 11) is 1.69. The minimum Gasteiger partial charge on any atom is -0.396 e. The molecule has 1 aliphatic heterocycles. The van der Waals surface area contributed by atoms with E-state index in [9.17, 15) is 5.11 Å². The first-order valence-corrected chi connectivity index (χ1v) is 8.82. The maximum Gasteiger partial charge on any atom is 0.0994 e. The number of benzene rings is 1. The molecule has 1 fully saturated rings. The fourth-order valence-corrected chi connectivity index (χ4v) is 4.50. The number of aromatic amines is 1. The van der Waals surface area contributed by atoms with Gasteiger partial charge in [-0.1, -0.05) is 12.1 Å². The number of hydrogen-bond acceptors (Lipinski definition) is 4. The average Bonchev–Trinajstić information content (AvgIpc) is 3.03. The number of aromatic nitrogens is 1. The van der Waals surface area contributed by atoms with Crippen LogP contribution in [0.4, 0.5) is 0 Å². The molecule has 1 aliphatic carbocycles. The number of methoxy groups -OCH3 is 1. The first-order chi connectivity index (χ1) is 11.8. The van der Waals surface area contributed by atoms with Gasteiger partial charge in [-0.3, -0.25) is 4.90 Å². The van der Waals surface area contributed by atoms with Crippen LogP contribution in [0.15, 0.2) is 24.4 Å². The van der Waals surface area contributed by atoms with Crippen LogP contribution in [0.3, 0.4) is 0 Å². The molecule has 2 heterocycles.